The first-order valence-corrected chi connectivity index (χ1v) is 12.3. The van der Waals surface area contributed by atoms with Gasteiger partial charge in [-0.2, -0.15) is 13.2 Å². The minimum Gasteiger partial charge on any atom is -0.480 e. The topological polar surface area (TPSA) is 90.3 Å². The average molecular weight is 550 g/mol. The van der Waals surface area contributed by atoms with Gasteiger partial charge in [-0.1, -0.05) is 54.1 Å². The molecule has 1 heterocycles. The number of benzene rings is 3. The van der Waals surface area contributed by atoms with Crippen LogP contribution in [0.25, 0.3) is 11.1 Å². The van der Waals surface area contributed by atoms with E-state index in [4.69, 9.17) is 4.74 Å². The number of Topliss-reactive ketones (excluding diaryl/α,β-unsaturated/α-hetero) is 1. The van der Waals surface area contributed by atoms with Crippen molar-refractivity contribution in [2.75, 3.05) is 12.4 Å². The molecule has 0 spiro atoms. The van der Waals surface area contributed by atoms with E-state index in [0.717, 1.165) is 40.1 Å². The number of nitrogens with one attached hydrogen (secondary N) is 1. The van der Waals surface area contributed by atoms with Crippen molar-refractivity contribution in [3.8, 4) is 17.0 Å². The Kier molecular flexibility index (Phi) is 8.18. The van der Waals surface area contributed by atoms with Crippen LogP contribution in [0, 0.1) is 6.92 Å². The summed E-state index contributed by atoms with van der Waals surface area (Å²) < 4.78 is 46.8. The van der Waals surface area contributed by atoms with E-state index in [9.17, 15) is 27.6 Å². The Hall–Kier alpha value is -4.73. The minimum atomic E-state index is -4.69. The van der Waals surface area contributed by atoms with Crippen molar-refractivity contribution < 1.29 is 27.5 Å². The van der Waals surface area contributed by atoms with Crippen LogP contribution in [0.2, 0.25) is 0 Å². The van der Waals surface area contributed by atoms with Crippen LogP contribution in [0.15, 0.2) is 83.7 Å². The summed E-state index contributed by atoms with van der Waals surface area (Å²) in [7, 11) is 1.24. The van der Waals surface area contributed by atoms with Gasteiger partial charge >= 0.3 is 6.18 Å². The second kappa shape index (κ2) is 11.6. The fourth-order valence-corrected chi connectivity index (χ4v) is 4.26. The van der Waals surface area contributed by atoms with Crippen molar-refractivity contribution >= 4 is 17.4 Å². The molecular weight excluding hydrogens is 523 g/mol. The molecule has 0 aliphatic carbocycles. The fraction of sp³-hybridized carbons (Fsp3) is 0.200. The molecule has 1 amide bonds. The van der Waals surface area contributed by atoms with Crippen LogP contribution in [-0.2, 0) is 17.4 Å². The lowest BCUT2D eigenvalue weighted by atomic mass is 9.95. The molecule has 3 aromatic carbocycles. The van der Waals surface area contributed by atoms with Gasteiger partial charge in [0.2, 0.25) is 11.8 Å². The van der Waals surface area contributed by atoms with Crippen LogP contribution in [0.3, 0.4) is 0 Å². The molecule has 1 unspecified atom stereocenters. The number of ether oxygens (including phenoxy) is 1. The number of hydrogen-bond acceptors (Lipinski definition) is 5. The molecule has 1 aromatic heterocycles. The van der Waals surface area contributed by atoms with Crippen LogP contribution in [-0.4, -0.2) is 28.6 Å². The molecule has 1 N–H and O–H groups in total. The second-order valence-corrected chi connectivity index (χ2v) is 9.23. The zero-order valence-electron chi connectivity index (χ0n) is 22.0. The van der Waals surface area contributed by atoms with Gasteiger partial charge in [-0.15, -0.1) is 5.10 Å². The Morgan fingerprint density at radius 1 is 0.975 bits per heavy atom. The highest BCUT2D eigenvalue weighted by molar-refractivity contribution is 6.01. The Balaban J connectivity index is 1.84. The highest BCUT2D eigenvalue weighted by Gasteiger charge is 2.32. The molecule has 4 rings (SSSR count). The molecule has 0 aliphatic heterocycles. The Labute approximate surface area is 228 Å². The summed E-state index contributed by atoms with van der Waals surface area (Å²) in [6.07, 6.45) is -4.59. The van der Waals surface area contributed by atoms with Gasteiger partial charge < -0.3 is 10.1 Å². The number of aryl methyl sites for hydroxylation is 1. The molecule has 0 radical (unpaired) electrons. The molecule has 0 saturated heterocycles. The summed E-state index contributed by atoms with van der Waals surface area (Å²) in [6, 6.07) is 18.6. The van der Waals surface area contributed by atoms with E-state index in [-0.39, 0.29) is 29.0 Å². The first kappa shape index (κ1) is 28.3. The maximum absolute atomic E-state index is 13.5. The van der Waals surface area contributed by atoms with Gasteiger partial charge in [-0.25, -0.2) is 4.68 Å². The SMILES string of the molecule is COc1nn(C(Cc2ccccc2)C(=O)Nc2ccc(C)cc2)c(=O)cc1-c1cc(C(F)(F)F)ccc1C(C)=O. The molecule has 10 heteroatoms. The predicted molar refractivity (Wildman–Crippen MR) is 144 cm³/mol. The highest BCUT2D eigenvalue weighted by atomic mass is 19.4. The summed E-state index contributed by atoms with van der Waals surface area (Å²) in [5.41, 5.74) is 0.207. The highest BCUT2D eigenvalue weighted by Crippen LogP contribution is 2.36. The van der Waals surface area contributed by atoms with E-state index < -0.39 is 35.0 Å². The Morgan fingerprint density at radius 3 is 2.25 bits per heavy atom. The van der Waals surface area contributed by atoms with Crippen LogP contribution < -0.4 is 15.6 Å². The van der Waals surface area contributed by atoms with E-state index in [0.29, 0.717) is 5.69 Å². The number of rotatable bonds is 8. The van der Waals surface area contributed by atoms with Crippen molar-refractivity contribution in [2.24, 2.45) is 0 Å². The van der Waals surface area contributed by atoms with Crippen molar-refractivity contribution in [3.63, 3.8) is 0 Å². The number of amides is 1. The summed E-state index contributed by atoms with van der Waals surface area (Å²) >= 11 is 0. The van der Waals surface area contributed by atoms with Crippen LogP contribution in [0.4, 0.5) is 18.9 Å². The monoisotopic (exact) mass is 549 g/mol. The van der Waals surface area contributed by atoms with Gasteiger partial charge in [0.1, 0.15) is 6.04 Å². The molecule has 0 fully saturated rings. The van der Waals surface area contributed by atoms with E-state index in [2.05, 4.69) is 10.4 Å². The molecule has 0 aliphatic rings. The lowest BCUT2D eigenvalue weighted by Crippen LogP contribution is -2.36. The van der Waals surface area contributed by atoms with Crippen molar-refractivity contribution in [2.45, 2.75) is 32.5 Å². The number of anilines is 1. The van der Waals surface area contributed by atoms with Gasteiger partial charge in [-0.3, -0.25) is 14.4 Å². The maximum atomic E-state index is 13.5. The number of methoxy groups -OCH3 is 1. The van der Waals surface area contributed by atoms with E-state index in [1.807, 2.05) is 25.1 Å². The molecule has 0 bridgehead atoms. The number of ketones is 1. The quantitative estimate of drug-likeness (QED) is 0.278. The Morgan fingerprint density at radius 2 is 1.65 bits per heavy atom. The third kappa shape index (κ3) is 6.28. The number of carbonyl (C=O) groups excluding carboxylic acids is 2. The van der Waals surface area contributed by atoms with Crippen molar-refractivity contribution in [3.05, 3.63) is 111 Å². The van der Waals surface area contributed by atoms with Gasteiger partial charge in [0.25, 0.3) is 5.56 Å². The molecule has 7 nitrogen and oxygen atoms in total. The lowest BCUT2D eigenvalue weighted by molar-refractivity contribution is -0.137. The molecular formula is C30H26F3N3O4. The molecule has 0 saturated carbocycles. The van der Waals surface area contributed by atoms with Gasteiger partial charge in [0.05, 0.1) is 18.2 Å². The smallest absolute Gasteiger partial charge is 0.416 e. The van der Waals surface area contributed by atoms with Crippen LogP contribution >= 0.6 is 0 Å². The number of alkyl halides is 3. The van der Waals surface area contributed by atoms with Crippen molar-refractivity contribution in [1.29, 1.82) is 0 Å². The van der Waals surface area contributed by atoms with E-state index >= 15 is 0 Å². The zero-order valence-corrected chi connectivity index (χ0v) is 22.0. The minimum absolute atomic E-state index is 0.0387. The summed E-state index contributed by atoms with van der Waals surface area (Å²) in [5.74, 6) is -1.25. The largest absolute Gasteiger partial charge is 0.480 e. The van der Waals surface area contributed by atoms with Gasteiger partial charge in [0.15, 0.2) is 5.78 Å². The van der Waals surface area contributed by atoms with Gasteiger partial charge in [-0.05, 0) is 49.2 Å². The average Bonchev–Trinajstić information content (AvgIpc) is 2.92. The number of nitrogens with zero attached hydrogens (tertiary/aromatic N) is 2. The van der Waals surface area contributed by atoms with E-state index in [1.54, 1.807) is 36.4 Å². The maximum Gasteiger partial charge on any atom is 0.416 e. The van der Waals surface area contributed by atoms with Crippen LogP contribution in [0.1, 0.15) is 40.0 Å². The number of hydrogen-bond donors (Lipinski definition) is 1. The predicted octanol–water partition coefficient (Wildman–Crippen LogP) is 5.87. The lowest BCUT2D eigenvalue weighted by Gasteiger charge is -2.21. The molecule has 4 aromatic rings. The second-order valence-electron chi connectivity index (χ2n) is 9.23. The molecule has 206 valence electrons. The zero-order chi connectivity index (χ0) is 29.0. The first-order chi connectivity index (χ1) is 19.0. The molecule has 1 atom stereocenters. The number of halogens is 3. The Bertz CT molecular complexity index is 1600. The number of aromatic nitrogens is 2. The van der Waals surface area contributed by atoms with E-state index in [1.165, 1.54) is 14.0 Å². The van der Waals surface area contributed by atoms with Crippen molar-refractivity contribution in [1.82, 2.24) is 9.78 Å². The third-order valence-corrected chi connectivity index (χ3v) is 6.32. The summed E-state index contributed by atoms with van der Waals surface area (Å²) in [4.78, 5) is 39.2. The summed E-state index contributed by atoms with van der Waals surface area (Å²) in [5, 5.41) is 7.06. The third-order valence-electron chi connectivity index (χ3n) is 6.32. The molecule has 40 heavy (non-hydrogen) atoms. The number of carbonyl (C=O) groups is 2. The van der Waals surface area contributed by atoms with Crippen LogP contribution in [0.5, 0.6) is 5.88 Å². The van der Waals surface area contributed by atoms with Gasteiger partial charge in [0, 0.05) is 23.7 Å². The normalized spacial score (nSPS) is 12.1. The summed E-state index contributed by atoms with van der Waals surface area (Å²) in [6.45, 7) is 3.11. The first-order valence-electron chi connectivity index (χ1n) is 12.3. The fourth-order valence-electron chi connectivity index (χ4n) is 4.26. The standard InChI is InChI=1S/C30H26F3N3O4/c1-18-9-12-22(13-10-18)34-28(39)26(15-20-7-5-4-6-8-20)36-27(38)17-25(29(35-36)40-3)24-16-21(30(31,32)33)11-14-23(24)19(2)37/h4-14,16-17,26H,15H2,1-3H3,(H,34,39).